The highest BCUT2D eigenvalue weighted by molar-refractivity contribution is 5.97. The number of aryl methyl sites for hydroxylation is 1. The first kappa shape index (κ1) is 13.8. The minimum absolute atomic E-state index is 0.0955. The summed E-state index contributed by atoms with van der Waals surface area (Å²) in [6.45, 7) is 1.60. The summed E-state index contributed by atoms with van der Waals surface area (Å²) in [6, 6.07) is -0.433. The molecular formula is C11H15N3O4. The van der Waals surface area contributed by atoms with E-state index in [1.165, 1.54) is 14.1 Å². The minimum atomic E-state index is -0.573. The summed E-state index contributed by atoms with van der Waals surface area (Å²) in [5, 5.41) is 2.40. The summed E-state index contributed by atoms with van der Waals surface area (Å²) in [5.74, 6) is -0.0871. The van der Waals surface area contributed by atoms with E-state index in [1.807, 2.05) is 0 Å². The summed E-state index contributed by atoms with van der Waals surface area (Å²) >= 11 is 0. The van der Waals surface area contributed by atoms with Crippen molar-refractivity contribution in [2.24, 2.45) is 5.73 Å². The van der Waals surface area contributed by atoms with Gasteiger partial charge in [-0.05, 0) is 6.92 Å². The number of carbonyl (C=O) groups excluding carboxylic acids is 3. The van der Waals surface area contributed by atoms with Gasteiger partial charge in [0, 0.05) is 19.7 Å². The Balaban J connectivity index is 3.26. The average Bonchev–Trinajstić information content (AvgIpc) is 2.63. The summed E-state index contributed by atoms with van der Waals surface area (Å²) in [7, 11) is 2.91. The molecule has 0 atom stereocenters. The molecule has 0 bridgehead atoms. The highest BCUT2D eigenvalue weighted by atomic mass is 16.4. The lowest BCUT2D eigenvalue weighted by atomic mass is 10.1. The van der Waals surface area contributed by atoms with Crippen LogP contribution in [0.5, 0.6) is 0 Å². The number of primary amides is 1. The lowest BCUT2D eigenvalue weighted by molar-refractivity contribution is -0.117. The van der Waals surface area contributed by atoms with E-state index in [-0.39, 0.29) is 17.9 Å². The second kappa shape index (κ2) is 5.35. The maximum absolute atomic E-state index is 11.5. The zero-order valence-electron chi connectivity index (χ0n) is 10.4. The summed E-state index contributed by atoms with van der Waals surface area (Å²) in [4.78, 5) is 34.6. The van der Waals surface area contributed by atoms with Gasteiger partial charge in [0.1, 0.15) is 5.76 Å². The largest absolute Gasteiger partial charge is 0.444 e. The van der Waals surface area contributed by atoms with Gasteiger partial charge in [0.15, 0.2) is 6.29 Å². The van der Waals surface area contributed by atoms with Crippen LogP contribution in [0.2, 0.25) is 0 Å². The SMILES string of the molecule is CNC(=O)N(C)c1oc(C)c(CC(N)=O)c1C=O. The molecule has 1 aromatic rings. The number of furan rings is 1. The van der Waals surface area contributed by atoms with Crippen molar-refractivity contribution in [3.05, 3.63) is 16.9 Å². The lowest BCUT2D eigenvalue weighted by Crippen LogP contribution is -2.35. The molecule has 0 aliphatic heterocycles. The first-order chi connectivity index (χ1) is 8.42. The third-order valence-corrected chi connectivity index (χ3v) is 2.52. The molecule has 0 radical (unpaired) electrons. The van der Waals surface area contributed by atoms with Crippen LogP contribution in [-0.2, 0) is 11.2 Å². The van der Waals surface area contributed by atoms with Crippen LogP contribution >= 0.6 is 0 Å². The second-order valence-electron chi connectivity index (χ2n) is 3.73. The van der Waals surface area contributed by atoms with Crippen molar-refractivity contribution in [1.82, 2.24) is 5.32 Å². The van der Waals surface area contributed by atoms with Crippen LogP contribution in [0.3, 0.4) is 0 Å². The molecule has 0 saturated carbocycles. The predicted molar refractivity (Wildman–Crippen MR) is 64.6 cm³/mol. The molecule has 1 heterocycles. The molecule has 7 nitrogen and oxygen atoms in total. The number of amides is 3. The molecule has 18 heavy (non-hydrogen) atoms. The van der Waals surface area contributed by atoms with E-state index in [0.29, 0.717) is 17.6 Å². The molecule has 0 aliphatic rings. The molecule has 98 valence electrons. The third-order valence-electron chi connectivity index (χ3n) is 2.52. The van der Waals surface area contributed by atoms with Gasteiger partial charge >= 0.3 is 6.03 Å². The Morgan fingerprint density at radius 2 is 2.11 bits per heavy atom. The van der Waals surface area contributed by atoms with Crippen LogP contribution in [0.25, 0.3) is 0 Å². The maximum atomic E-state index is 11.5. The van der Waals surface area contributed by atoms with E-state index in [9.17, 15) is 14.4 Å². The summed E-state index contributed by atoms with van der Waals surface area (Å²) in [5.41, 5.74) is 5.67. The Bertz CT molecular complexity index is 493. The van der Waals surface area contributed by atoms with Crippen LogP contribution in [0, 0.1) is 6.92 Å². The molecule has 1 aromatic heterocycles. The van der Waals surface area contributed by atoms with Crippen LogP contribution in [-0.4, -0.2) is 32.3 Å². The van der Waals surface area contributed by atoms with Gasteiger partial charge in [0.25, 0.3) is 0 Å². The van der Waals surface area contributed by atoms with Crippen molar-refractivity contribution < 1.29 is 18.8 Å². The Morgan fingerprint density at radius 3 is 2.56 bits per heavy atom. The van der Waals surface area contributed by atoms with E-state index in [0.717, 1.165) is 4.90 Å². The molecule has 0 fully saturated rings. The maximum Gasteiger partial charge on any atom is 0.323 e. The van der Waals surface area contributed by atoms with E-state index in [1.54, 1.807) is 6.92 Å². The van der Waals surface area contributed by atoms with Gasteiger partial charge in [-0.25, -0.2) is 4.79 Å². The van der Waals surface area contributed by atoms with Gasteiger partial charge in [0.2, 0.25) is 11.8 Å². The highest BCUT2D eigenvalue weighted by Gasteiger charge is 2.23. The van der Waals surface area contributed by atoms with Crippen molar-refractivity contribution in [3.63, 3.8) is 0 Å². The quantitative estimate of drug-likeness (QED) is 0.748. The monoisotopic (exact) mass is 253 g/mol. The minimum Gasteiger partial charge on any atom is -0.444 e. The zero-order chi connectivity index (χ0) is 13.9. The van der Waals surface area contributed by atoms with E-state index < -0.39 is 11.9 Å². The molecule has 0 spiro atoms. The van der Waals surface area contributed by atoms with Gasteiger partial charge < -0.3 is 15.5 Å². The van der Waals surface area contributed by atoms with Gasteiger partial charge in [-0.3, -0.25) is 14.5 Å². The first-order valence-corrected chi connectivity index (χ1v) is 5.23. The number of nitrogens with one attached hydrogen (secondary N) is 1. The second-order valence-corrected chi connectivity index (χ2v) is 3.73. The molecular weight excluding hydrogens is 238 g/mol. The standard InChI is InChI=1S/C11H15N3O4/c1-6-7(4-9(12)16)8(5-15)10(18-6)14(3)11(17)13-2/h5H,4H2,1-3H3,(H2,12,16)(H,13,17). The van der Waals surface area contributed by atoms with Crippen molar-refractivity contribution in [1.29, 1.82) is 0 Å². The molecule has 0 aromatic carbocycles. The smallest absolute Gasteiger partial charge is 0.323 e. The fourth-order valence-corrected chi connectivity index (χ4v) is 1.60. The third kappa shape index (κ3) is 2.50. The van der Waals surface area contributed by atoms with Crippen molar-refractivity contribution in [2.45, 2.75) is 13.3 Å². The van der Waals surface area contributed by atoms with Crippen LogP contribution < -0.4 is 16.0 Å². The number of aldehydes is 1. The number of rotatable bonds is 4. The number of nitrogens with two attached hydrogens (primary N) is 1. The Kier molecular flexibility index (Phi) is 4.09. The number of anilines is 1. The Labute approximate surface area is 104 Å². The molecule has 0 saturated heterocycles. The molecule has 0 unspecified atom stereocenters. The van der Waals surface area contributed by atoms with Gasteiger partial charge in [-0.15, -0.1) is 0 Å². The van der Waals surface area contributed by atoms with Crippen LogP contribution in [0.4, 0.5) is 10.7 Å². The Hall–Kier alpha value is -2.31. The number of urea groups is 1. The number of hydrogen-bond donors (Lipinski definition) is 2. The first-order valence-electron chi connectivity index (χ1n) is 5.23. The Morgan fingerprint density at radius 1 is 1.50 bits per heavy atom. The fraction of sp³-hybridized carbons (Fsp3) is 0.364. The van der Waals surface area contributed by atoms with Crippen LogP contribution in [0.15, 0.2) is 4.42 Å². The van der Waals surface area contributed by atoms with Crippen molar-refractivity contribution in [3.8, 4) is 0 Å². The zero-order valence-corrected chi connectivity index (χ0v) is 10.4. The molecule has 1 rings (SSSR count). The van der Waals surface area contributed by atoms with E-state index >= 15 is 0 Å². The predicted octanol–water partition coefficient (Wildman–Crippen LogP) is 0.204. The number of hydrogen-bond acceptors (Lipinski definition) is 4. The van der Waals surface area contributed by atoms with Crippen molar-refractivity contribution >= 4 is 24.1 Å². The number of nitrogens with zero attached hydrogens (tertiary/aromatic N) is 1. The molecule has 7 heteroatoms. The molecule has 3 N–H and O–H groups in total. The topological polar surface area (TPSA) is 106 Å². The summed E-state index contributed by atoms with van der Waals surface area (Å²) in [6.07, 6.45) is 0.439. The van der Waals surface area contributed by atoms with Gasteiger partial charge in [-0.2, -0.15) is 0 Å². The van der Waals surface area contributed by atoms with E-state index in [4.69, 9.17) is 10.2 Å². The molecule has 3 amide bonds. The van der Waals surface area contributed by atoms with Gasteiger partial charge in [0.05, 0.1) is 12.0 Å². The average molecular weight is 253 g/mol. The number of carbonyl (C=O) groups is 3. The molecule has 0 aliphatic carbocycles. The van der Waals surface area contributed by atoms with Crippen LogP contribution in [0.1, 0.15) is 21.7 Å². The van der Waals surface area contributed by atoms with Crippen molar-refractivity contribution in [2.75, 3.05) is 19.0 Å². The fourth-order valence-electron chi connectivity index (χ4n) is 1.60. The lowest BCUT2D eigenvalue weighted by Gasteiger charge is -2.13. The van der Waals surface area contributed by atoms with E-state index in [2.05, 4.69) is 5.32 Å². The highest BCUT2D eigenvalue weighted by Crippen LogP contribution is 2.28. The normalized spacial score (nSPS) is 9.94. The summed E-state index contributed by atoms with van der Waals surface area (Å²) < 4.78 is 5.35. The van der Waals surface area contributed by atoms with Gasteiger partial charge in [-0.1, -0.05) is 0 Å².